The van der Waals surface area contributed by atoms with Gasteiger partial charge in [-0.3, -0.25) is 0 Å². The zero-order valence-corrected chi connectivity index (χ0v) is 9.68. The van der Waals surface area contributed by atoms with Crippen LogP contribution in [0, 0.1) is 12.3 Å². The molecule has 1 rings (SSSR count). The fraction of sp³-hybridized carbons (Fsp3) is 0.417. The van der Waals surface area contributed by atoms with E-state index in [1.54, 1.807) is 21.1 Å². The Morgan fingerprint density at radius 2 is 1.80 bits per heavy atom. The Morgan fingerprint density at radius 3 is 2.27 bits per heavy atom. The molecular formula is C12H17NO2. The number of nitrogens with one attached hydrogen (secondary N) is 1. The number of aryl methyl sites for hydroxylation is 1. The van der Waals surface area contributed by atoms with Gasteiger partial charge in [-0.1, -0.05) is 0 Å². The molecule has 0 aliphatic carbocycles. The van der Waals surface area contributed by atoms with E-state index < -0.39 is 0 Å². The van der Waals surface area contributed by atoms with Gasteiger partial charge in [0.15, 0.2) is 0 Å². The highest BCUT2D eigenvalue weighted by Crippen LogP contribution is 2.28. The highest BCUT2D eigenvalue weighted by atomic mass is 16.5. The summed E-state index contributed by atoms with van der Waals surface area (Å²) >= 11 is 0. The fourth-order valence-corrected chi connectivity index (χ4v) is 1.54. The van der Waals surface area contributed by atoms with E-state index in [0.29, 0.717) is 12.1 Å². The standard InChI is InChI=1S/C12H17NO2/c1-8-5-12(15-4)10(6-9(2)13)7-11(8)14-3/h5,7,13H,6H2,1-4H3. The van der Waals surface area contributed by atoms with Crippen LogP contribution in [0.15, 0.2) is 12.1 Å². The van der Waals surface area contributed by atoms with E-state index in [4.69, 9.17) is 14.9 Å². The van der Waals surface area contributed by atoms with Crippen molar-refractivity contribution in [3.05, 3.63) is 23.3 Å². The summed E-state index contributed by atoms with van der Waals surface area (Å²) in [5.41, 5.74) is 2.65. The molecule has 0 radical (unpaired) electrons. The van der Waals surface area contributed by atoms with Gasteiger partial charge in [0, 0.05) is 17.7 Å². The molecule has 82 valence electrons. The molecule has 3 nitrogen and oxygen atoms in total. The zero-order chi connectivity index (χ0) is 11.4. The van der Waals surface area contributed by atoms with Gasteiger partial charge in [-0.2, -0.15) is 0 Å². The summed E-state index contributed by atoms with van der Waals surface area (Å²) in [6.07, 6.45) is 0.597. The summed E-state index contributed by atoms with van der Waals surface area (Å²) in [7, 11) is 3.29. The van der Waals surface area contributed by atoms with Crippen LogP contribution < -0.4 is 9.47 Å². The second-order valence-electron chi connectivity index (χ2n) is 3.59. The van der Waals surface area contributed by atoms with Gasteiger partial charge in [0.25, 0.3) is 0 Å². The molecule has 0 amide bonds. The number of methoxy groups -OCH3 is 2. The van der Waals surface area contributed by atoms with Crippen molar-refractivity contribution in [3.8, 4) is 11.5 Å². The third kappa shape index (κ3) is 2.72. The Morgan fingerprint density at radius 1 is 1.20 bits per heavy atom. The van der Waals surface area contributed by atoms with E-state index >= 15 is 0 Å². The normalized spacial score (nSPS) is 9.87. The molecular weight excluding hydrogens is 190 g/mol. The van der Waals surface area contributed by atoms with Crippen LogP contribution in [0.1, 0.15) is 18.1 Å². The molecule has 0 aromatic heterocycles. The first-order valence-electron chi connectivity index (χ1n) is 4.84. The molecule has 0 unspecified atom stereocenters. The molecule has 3 heteroatoms. The molecule has 0 bridgehead atoms. The van der Waals surface area contributed by atoms with Gasteiger partial charge in [0.2, 0.25) is 0 Å². The molecule has 0 atom stereocenters. The maximum Gasteiger partial charge on any atom is 0.122 e. The molecule has 0 saturated heterocycles. The lowest BCUT2D eigenvalue weighted by Gasteiger charge is -2.12. The van der Waals surface area contributed by atoms with E-state index in [0.717, 1.165) is 22.6 Å². The second kappa shape index (κ2) is 4.82. The average molecular weight is 207 g/mol. The van der Waals surface area contributed by atoms with E-state index in [-0.39, 0.29) is 0 Å². The van der Waals surface area contributed by atoms with E-state index in [9.17, 15) is 0 Å². The Balaban J connectivity index is 3.16. The molecule has 0 heterocycles. The van der Waals surface area contributed by atoms with Crippen molar-refractivity contribution < 1.29 is 9.47 Å². The number of hydrogen-bond donors (Lipinski definition) is 1. The molecule has 1 aromatic carbocycles. The summed E-state index contributed by atoms with van der Waals surface area (Å²) in [5, 5.41) is 7.49. The third-order valence-corrected chi connectivity index (χ3v) is 2.25. The second-order valence-corrected chi connectivity index (χ2v) is 3.59. The van der Waals surface area contributed by atoms with E-state index in [2.05, 4.69) is 0 Å². The maximum atomic E-state index is 7.49. The lowest BCUT2D eigenvalue weighted by Crippen LogP contribution is -2.00. The number of benzene rings is 1. The monoisotopic (exact) mass is 207 g/mol. The minimum Gasteiger partial charge on any atom is -0.496 e. The highest BCUT2D eigenvalue weighted by molar-refractivity contribution is 5.81. The predicted octanol–water partition coefficient (Wildman–Crippen LogP) is 2.59. The van der Waals surface area contributed by atoms with E-state index in [1.807, 2.05) is 19.1 Å². The summed E-state index contributed by atoms with van der Waals surface area (Å²) in [4.78, 5) is 0. The lowest BCUT2D eigenvalue weighted by atomic mass is 10.0. The van der Waals surface area contributed by atoms with Crippen LogP contribution in [0.25, 0.3) is 0 Å². The van der Waals surface area contributed by atoms with E-state index in [1.165, 1.54) is 0 Å². The summed E-state index contributed by atoms with van der Waals surface area (Å²) < 4.78 is 10.5. The van der Waals surface area contributed by atoms with Crippen molar-refractivity contribution >= 4 is 5.71 Å². The largest absolute Gasteiger partial charge is 0.496 e. The molecule has 0 saturated carbocycles. The van der Waals surface area contributed by atoms with Crippen molar-refractivity contribution in [2.45, 2.75) is 20.3 Å². The van der Waals surface area contributed by atoms with Gasteiger partial charge in [0.1, 0.15) is 11.5 Å². The van der Waals surface area contributed by atoms with Gasteiger partial charge in [-0.05, 0) is 31.5 Å². The fourth-order valence-electron chi connectivity index (χ4n) is 1.54. The average Bonchev–Trinajstić information content (AvgIpc) is 2.19. The Bertz CT molecular complexity index is 372. The maximum absolute atomic E-state index is 7.49. The smallest absolute Gasteiger partial charge is 0.122 e. The predicted molar refractivity (Wildman–Crippen MR) is 61.4 cm³/mol. The first-order valence-corrected chi connectivity index (χ1v) is 4.84. The van der Waals surface area contributed by atoms with Crippen molar-refractivity contribution in [2.24, 2.45) is 0 Å². The van der Waals surface area contributed by atoms with Crippen LogP contribution in [-0.2, 0) is 6.42 Å². The topological polar surface area (TPSA) is 42.3 Å². The van der Waals surface area contributed by atoms with Crippen LogP contribution in [0.5, 0.6) is 11.5 Å². The van der Waals surface area contributed by atoms with Crippen LogP contribution in [0.3, 0.4) is 0 Å². The summed E-state index contributed by atoms with van der Waals surface area (Å²) in [6, 6.07) is 3.88. The van der Waals surface area contributed by atoms with Gasteiger partial charge < -0.3 is 14.9 Å². The van der Waals surface area contributed by atoms with Crippen molar-refractivity contribution in [3.63, 3.8) is 0 Å². The molecule has 1 N–H and O–H groups in total. The molecule has 1 aromatic rings. The molecule has 0 aliphatic heterocycles. The minimum absolute atomic E-state index is 0.597. The first-order chi connectivity index (χ1) is 7.08. The molecule has 15 heavy (non-hydrogen) atoms. The molecule has 0 fully saturated rings. The number of ether oxygens (including phenoxy) is 2. The van der Waals surface area contributed by atoms with Crippen molar-refractivity contribution in [2.75, 3.05) is 14.2 Å². The Hall–Kier alpha value is -1.51. The number of hydrogen-bond acceptors (Lipinski definition) is 3. The highest BCUT2D eigenvalue weighted by Gasteiger charge is 2.08. The van der Waals surface area contributed by atoms with Crippen molar-refractivity contribution in [1.82, 2.24) is 0 Å². The van der Waals surface area contributed by atoms with Gasteiger partial charge in [-0.25, -0.2) is 0 Å². The summed E-state index contributed by atoms with van der Waals surface area (Å²) in [5.74, 6) is 1.66. The van der Waals surface area contributed by atoms with Crippen LogP contribution in [0.2, 0.25) is 0 Å². The quantitative estimate of drug-likeness (QED) is 0.771. The van der Waals surface area contributed by atoms with Gasteiger partial charge in [0.05, 0.1) is 14.2 Å². The number of rotatable bonds is 4. The van der Waals surface area contributed by atoms with Crippen LogP contribution >= 0.6 is 0 Å². The van der Waals surface area contributed by atoms with Crippen molar-refractivity contribution in [1.29, 1.82) is 5.41 Å². The minimum atomic E-state index is 0.597. The first kappa shape index (κ1) is 11.6. The van der Waals surface area contributed by atoms with Gasteiger partial charge >= 0.3 is 0 Å². The Kier molecular flexibility index (Phi) is 3.72. The zero-order valence-electron chi connectivity index (χ0n) is 9.68. The lowest BCUT2D eigenvalue weighted by molar-refractivity contribution is 0.397. The molecule has 0 spiro atoms. The molecule has 0 aliphatic rings. The van der Waals surface area contributed by atoms with Gasteiger partial charge in [-0.15, -0.1) is 0 Å². The van der Waals surface area contributed by atoms with Crippen LogP contribution in [0.4, 0.5) is 0 Å². The summed E-state index contributed by atoms with van der Waals surface area (Å²) in [6.45, 7) is 3.76. The SMILES string of the molecule is COc1cc(CC(C)=N)c(OC)cc1C. The third-order valence-electron chi connectivity index (χ3n) is 2.25. The van der Waals surface area contributed by atoms with Crippen LogP contribution in [-0.4, -0.2) is 19.9 Å². The Labute approximate surface area is 90.5 Å².